The second kappa shape index (κ2) is 10.8. The zero-order valence-corrected chi connectivity index (χ0v) is 11.9. The molecule has 3 nitrogen and oxygen atoms in total. The molecule has 0 saturated carbocycles. The Morgan fingerprint density at radius 3 is 2.56 bits per heavy atom. The maximum Gasteiger partial charge on any atom is 0.246 e. The molecular weight excluding hydrogens is 224 g/mol. The Morgan fingerprint density at radius 2 is 1.94 bits per heavy atom. The summed E-state index contributed by atoms with van der Waals surface area (Å²) < 4.78 is 0. The molecule has 0 radical (unpaired) electrons. The van der Waals surface area contributed by atoms with Crippen molar-refractivity contribution >= 4 is 5.91 Å². The van der Waals surface area contributed by atoms with Crippen LogP contribution in [0.4, 0.5) is 0 Å². The van der Waals surface area contributed by atoms with Gasteiger partial charge in [0.2, 0.25) is 5.91 Å². The summed E-state index contributed by atoms with van der Waals surface area (Å²) in [5.74, 6) is -0.0620. The van der Waals surface area contributed by atoms with Crippen LogP contribution in [0.25, 0.3) is 0 Å². The van der Waals surface area contributed by atoms with E-state index in [1.807, 2.05) is 0 Å². The Bertz CT molecular complexity index is 306. The summed E-state index contributed by atoms with van der Waals surface area (Å²) in [6.07, 6.45) is 10.6. The van der Waals surface area contributed by atoms with Crippen LogP contribution in [-0.4, -0.2) is 37.5 Å². The second-order valence-electron chi connectivity index (χ2n) is 4.39. The molecule has 0 rings (SSSR count). The summed E-state index contributed by atoms with van der Waals surface area (Å²) in [6.45, 7) is 9.96. The zero-order valence-electron chi connectivity index (χ0n) is 11.9. The van der Waals surface area contributed by atoms with Gasteiger partial charge in [-0.2, -0.15) is 0 Å². The van der Waals surface area contributed by atoms with E-state index in [1.165, 1.54) is 0 Å². The predicted molar refractivity (Wildman–Crippen MR) is 78.5 cm³/mol. The molecule has 0 fully saturated rings. The number of carbonyl (C=O) groups excluding carboxylic acids is 1. The molecule has 0 saturated heterocycles. The molecular formula is C15H26N2O. The fourth-order valence-electron chi connectivity index (χ4n) is 1.31. The second-order valence-corrected chi connectivity index (χ2v) is 4.39. The lowest BCUT2D eigenvalue weighted by molar-refractivity contribution is -0.117. The van der Waals surface area contributed by atoms with E-state index in [0.717, 1.165) is 25.9 Å². The highest BCUT2D eigenvalue weighted by molar-refractivity contribution is 5.92. The first-order valence-electron chi connectivity index (χ1n) is 6.51. The molecule has 0 aromatic rings. The highest BCUT2D eigenvalue weighted by Gasteiger charge is 2.01. The van der Waals surface area contributed by atoms with Crippen LogP contribution in [0.3, 0.4) is 0 Å². The summed E-state index contributed by atoms with van der Waals surface area (Å²) in [7, 11) is 2.06. The first kappa shape index (κ1) is 16.6. The van der Waals surface area contributed by atoms with Crippen molar-refractivity contribution in [2.45, 2.75) is 26.7 Å². The minimum Gasteiger partial charge on any atom is -0.351 e. The van der Waals surface area contributed by atoms with Crippen LogP contribution in [0, 0.1) is 0 Å². The van der Waals surface area contributed by atoms with Gasteiger partial charge in [-0.1, -0.05) is 37.8 Å². The Morgan fingerprint density at radius 1 is 1.28 bits per heavy atom. The van der Waals surface area contributed by atoms with Crippen molar-refractivity contribution in [3.05, 3.63) is 36.5 Å². The lowest BCUT2D eigenvalue weighted by Crippen LogP contribution is -2.33. The maximum atomic E-state index is 11.2. The largest absolute Gasteiger partial charge is 0.351 e. The Hall–Kier alpha value is -1.35. The van der Waals surface area contributed by atoms with E-state index in [-0.39, 0.29) is 5.91 Å². The number of amides is 1. The minimum atomic E-state index is -0.0620. The van der Waals surface area contributed by atoms with Gasteiger partial charge < -0.3 is 10.2 Å². The molecule has 0 unspecified atom stereocenters. The van der Waals surface area contributed by atoms with Crippen LogP contribution in [0.5, 0.6) is 0 Å². The number of rotatable bonds is 9. The molecule has 102 valence electrons. The Labute approximate surface area is 111 Å². The summed E-state index contributed by atoms with van der Waals surface area (Å²) in [6, 6.07) is 0. The number of carbonyl (C=O) groups is 1. The average molecular weight is 250 g/mol. The molecule has 0 aliphatic carbocycles. The average Bonchev–Trinajstić information content (AvgIpc) is 2.33. The maximum absolute atomic E-state index is 11.2. The van der Waals surface area contributed by atoms with Gasteiger partial charge in [-0.25, -0.2) is 0 Å². The molecule has 18 heavy (non-hydrogen) atoms. The van der Waals surface area contributed by atoms with Crippen molar-refractivity contribution in [1.82, 2.24) is 10.2 Å². The molecule has 0 bridgehead atoms. The SMILES string of the molecule is C=C(C)C(=O)NCCN(C)CCC=CC=CCC. The molecule has 0 aliphatic rings. The Balaban J connectivity index is 3.57. The van der Waals surface area contributed by atoms with Crippen LogP contribution >= 0.6 is 0 Å². The highest BCUT2D eigenvalue weighted by atomic mass is 16.1. The Kier molecular flexibility index (Phi) is 9.97. The predicted octanol–water partition coefficient (Wildman–Crippen LogP) is 2.52. The van der Waals surface area contributed by atoms with Crippen molar-refractivity contribution in [2.24, 2.45) is 0 Å². The van der Waals surface area contributed by atoms with E-state index in [1.54, 1.807) is 6.92 Å². The molecule has 3 heteroatoms. The molecule has 0 spiro atoms. The van der Waals surface area contributed by atoms with E-state index in [2.05, 4.69) is 55.1 Å². The summed E-state index contributed by atoms with van der Waals surface area (Å²) in [4.78, 5) is 13.4. The quantitative estimate of drug-likeness (QED) is 0.504. The molecule has 1 N–H and O–H groups in total. The molecule has 1 amide bonds. The normalized spacial score (nSPS) is 11.6. The number of hydrogen-bond acceptors (Lipinski definition) is 2. The first-order chi connectivity index (χ1) is 8.57. The number of nitrogens with zero attached hydrogens (tertiary/aromatic N) is 1. The van der Waals surface area contributed by atoms with Crippen LogP contribution in [0.15, 0.2) is 36.5 Å². The molecule has 0 atom stereocenters. The van der Waals surface area contributed by atoms with Crippen LogP contribution < -0.4 is 5.32 Å². The molecule has 0 aliphatic heterocycles. The molecule has 0 aromatic carbocycles. The van der Waals surface area contributed by atoms with Gasteiger partial charge in [0.05, 0.1) is 0 Å². The molecule has 0 heterocycles. The lowest BCUT2D eigenvalue weighted by Gasteiger charge is -2.15. The van der Waals surface area contributed by atoms with Gasteiger partial charge in [-0.15, -0.1) is 0 Å². The standard InChI is InChI=1S/C15H26N2O/c1-5-6-7-8-9-10-12-17(4)13-11-16-15(18)14(2)3/h6-9H,2,5,10-13H2,1,3-4H3,(H,16,18). The third kappa shape index (κ3) is 9.85. The van der Waals surface area contributed by atoms with Crippen LogP contribution in [-0.2, 0) is 4.79 Å². The van der Waals surface area contributed by atoms with Crippen molar-refractivity contribution in [2.75, 3.05) is 26.7 Å². The summed E-state index contributed by atoms with van der Waals surface area (Å²) in [5, 5.41) is 2.82. The van der Waals surface area contributed by atoms with Gasteiger partial charge in [-0.3, -0.25) is 4.79 Å². The number of likely N-dealkylation sites (N-methyl/N-ethyl adjacent to an activating group) is 1. The third-order valence-electron chi connectivity index (χ3n) is 2.46. The van der Waals surface area contributed by atoms with Crippen molar-refractivity contribution < 1.29 is 4.79 Å². The lowest BCUT2D eigenvalue weighted by atomic mass is 10.3. The zero-order chi connectivity index (χ0) is 13.8. The number of nitrogens with one attached hydrogen (secondary N) is 1. The monoisotopic (exact) mass is 250 g/mol. The van der Waals surface area contributed by atoms with Gasteiger partial charge in [0, 0.05) is 25.2 Å². The number of allylic oxidation sites excluding steroid dienone is 3. The van der Waals surface area contributed by atoms with Gasteiger partial charge in [0.25, 0.3) is 0 Å². The van der Waals surface area contributed by atoms with Gasteiger partial charge in [0.15, 0.2) is 0 Å². The molecule has 0 aromatic heterocycles. The van der Waals surface area contributed by atoms with Crippen LogP contribution in [0.1, 0.15) is 26.7 Å². The summed E-state index contributed by atoms with van der Waals surface area (Å²) in [5.41, 5.74) is 0.559. The van der Waals surface area contributed by atoms with Crippen molar-refractivity contribution in [1.29, 1.82) is 0 Å². The first-order valence-corrected chi connectivity index (χ1v) is 6.51. The fraction of sp³-hybridized carbons (Fsp3) is 0.533. The topological polar surface area (TPSA) is 32.3 Å². The van der Waals surface area contributed by atoms with Crippen molar-refractivity contribution in [3.8, 4) is 0 Å². The highest BCUT2D eigenvalue weighted by Crippen LogP contribution is 1.91. The smallest absolute Gasteiger partial charge is 0.246 e. The van der Waals surface area contributed by atoms with Crippen molar-refractivity contribution in [3.63, 3.8) is 0 Å². The van der Waals surface area contributed by atoms with Gasteiger partial charge >= 0.3 is 0 Å². The van der Waals surface area contributed by atoms with Gasteiger partial charge in [-0.05, 0) is 26.8 Å². The van der Waals surface area contributed by atoms with Crippen LogP contribution in [0.2, 0.25) is 0 Å². The fourth-order valence-corrected chi connectivity index (χ4v) is 1.31. The van der Waals surface area contributed by atoms with E-state index >= 15 is 0 Å². The number of hydrogen-bond donors (Lipinski definition) is 1. The minimum absolute atomic E-state index is 0.0620. The summed E-state index contributed by atoms with van der Waals surface area (Å²) >= 11 is 0. The van der Waals surface area contributed by atoms with E-state index < -0.39 is 0 Å². The van der Waals surface area contributed by atoms with Gasteiger partial charge in [0.1, 0.15) is 0 Å². The third-order valence-corrected chi connectivity index (χ3v) is 2.46. The van der Waals surface area contributed by atoms with E-state index in [4.69, 9.17) is 0 Å². The van der Waals surface area contributed by atoms with E-state index in [9.17, 15) is 4.79 Å². The van der Waals surface area contributed by atoms with E-state index in [0.29, 0.717) is 12.1 Å².